The molecule has 35 heavy (non-hydrogen) atoms. The number of aromatic nitrogens is 3. The van der Waals surface area contributed by atoms with E-state index in [0.29, 0.717) is 0 Å². The molecule has 0 fully saturated rings. The number of benzene rings is 3. The van der Waals surface area contributed by atoms with Crippen molar-refractivity contribution in [2.24, 2.45) is 0 Å². The molecule has 0 atom stereocenters. The molecule has 1 aliphatic heterocycles. The molecule has 3 aromatic carbocycles. The van der Waals surface area contributed by atoms with Gasteiger partial charge in [-0.05, 0) is 59.7 Å². The summed E-state index contributed by atoms with van der Waals surface area (Å²) in [4.78, 5) is 11.4. The van der Waals surface area contributed by atoms with E-state index in [9.17, 15) is 0 Å². The van der Waals surface area contributed by atoms with Crippen LogP contribution in [0.5, 0.6) is 0 Å². The Morgan fingerprint density at radius 3 is 2.06 bits per heavy atom. The smallest absolute Gasteiger partial charge is 0.138 e. The van der Waals surface area contributed by atoms with Gasteiger partial charge in [-0.2, -0.15) is 0 Å². The van der Waals surface area contributed by atoms with Crippen LogP contribution in [0.3, 0.4) is 0 Å². The molecule has 0 aliphatic carbocycles. The second-order valence-corrected chi connectivity index (χ2v) is 9.59. The Bertz CT molecular complexity index is 1680. The first-order chi connectivity index (χ1) is 17.1. The van der Waals surface area contributed by atoms with Gasteiger partial charge < -0.3 is 4.57 Å². The van der Waals surface area contributed by atoms with E-state index in [1.54, 1.807) is 0 Å². The molecule has 168 valence electrons. The van der Waals surface area contributed by atoms with Crippen LogP contribution in [0.4, 0.5) is 17.3 Å². The normalized spacial score (nSPS) is 13.7. The lowest BCUT2D eigenvalue weighted by molar-refractivity contribution is 0.630. The van der Waals surface area contributed by atoms with Gasteiger partial charge in [-0.1, -0.05) is 62.4 Å². The van der Waals surface area contributed by atoms with Crippen LogP contribution in [0.2, 0.25) is 0 Å². The van der Waals surface area contributed by atoms with Gasteiger partial charge in [-0.15, -0.1) is 0 Å². The molecule has 0 radical (unpaired) electrons. The fourth-order valence-electron chi connectivity index (χ4n) is 5.65. The fraction of sp³-hybridized carbons (Fsp3) is 0.0968. The van der Waals surface area contributed by atoms with Gasteiger partial charge >= 0.3 is 0 Å². The topological polar surface area (TPSA) is 34.0 Å². The number of hydrogen-bond acceptors (Lipinski definition) is 3. The second-order valence-electron chi connectivity index (χ2n) is 9.59. The second kappa shape index (κ2) is 7.28. The highest BCUT2D eigenvalue weighted by molar-refractivity contribution is 6.12. The molecule has 4 heteroatoms. The maximum atomic E-state index is 4.65. The molecular weight excluding hydrogens is 428 g/mol. The monoisotopic (exact) mass is 452 g/mol. The van der Waals surface area contributed by atoms with E-state index >= 15 is 0 Å². The number of para-hydroxylation sites is 2. The van der Waals surface area contributed by atoms with E-state index in [2.05, 4.69) is 93.9 Å². The summed E-state index contributed by atoms with van der Waals surface area (Å²) in [6, 6.07) is 34.1. The van der Waals surface area contributed by atoms with Crippen molar-refractivity contribution in [3.8, 4) is 5.69 Å². The maximum absolute atomic E-state index is 4.65. The molecule has 0 spiro atoms. The average molecular weight is 453 g/mol. The minimum atomic E-state index is -0.0722. The van der Waals surface area contributed by atoms with Crippen LogP contribution < -0.4 is 4.90 Å². The summed E-state index contributed by atoms with van der Waals surface area (Å²) in [5.74, 6) is 1.68. The summed E-state index contributed by atoms with van der Waals surface area (Å²) < 4.78 is 2.44. The standard InChI is InChI=1S/C31H24N4/c1-31(2)24-11-3-4-13-27(24)35-26-17-16-21(20-23(26)22-10-9-12-25(31)30(22)35)34(28-14-5-7-18-32-28)29-15-6-8-19-33-29/h3-20H,1-2H3. The van der Waals surface area contributed by atoms with E-state index in [1.165, 1.54) is 38.6 Å². The van der Waals surface area contributed by atoms with Crippen LogP contribution >= 0.6 is 0 Å². The van der Waals surface area contributed by atoms with E-state index in [1.807, 2.05) is 48.8 Å². The predicted octanol–water partition coefficient (Wildman–Crippen LogP) is 7.68. The molecule has 4 nitrogen and oxygen atoms in total. The van der Waals surface area contributed by atoms with Crippen molar-refractivity contribution in [2.45, 2.75) is 19.3 Å². The molecule has 1 aliphatic rings. The van der Waals surface area contributed by atoms with Crippen LogP contribution in [0, 0.1) is 0 Å². The zero-order chi connectivity index (χ0) is 23.6. The Balaban J connectivity index is 1.55. The summed E-state index contributed by atoms with van der Waals surface area (Å²) in [6.45, 7) is 4.66. The molecule has 7 rings (SSSR count). The Hall–Kier alpha value is -4.44. The van der Waals surface area contributed by atoms with Gasteiger partial charge in [0, 0.05) is 34.3 Å². The Morgan fingerprint density at radius 1 is 0.657 bits per heavy atom. The number of anilines is 3. The molecule has 0 bridgehead atoms. The Labute approximate surface area is 204 Å². The summed E-state index contributed by atoms with van der Waals surface area (Å²) in [7, 11) is 0. The van der Waals surface area contributed by atoms with Crippen LogP contribution in [0.25, 0.3) is 27.5 Å². The van der Waals surface area contributed by atoms with Crippen molar-refractivity contribution >= 4 is 39.1 Å². The lowest BCUT2D eigenvalue weighted by atomic mass is 9.75. The lowest BCUT2D eigenvalue weighted by Crippen LogP contribution is -2.26. The molecule has 3 aromatic heterocycles. The predicted molar refractivity (Wildman–Crippen MR) is 143 cm³/mol. The Morgan fingerprint density at radius 2 is 1.34 bits per heavy atom. The fourth-order valence-corrected chi connectivity index (χ4v) is 5.65. The van der Waals surface area contributed by atoms with Crippen molar-refractivity contribution in [3.63, 3.8) is 0 Å². The summed E-state index contributed by atoms with van der Waals surface area (Å²) >= 11 is 0. The van der Waals surface area contributed by atoms with Crippen molar-refractivity contribution in [1.29, 1.82) is 0 Å². The highest BCUT2D eigenvalue weighted by Crippen LogP contribution is 2.48. The highest BCUT2D eigenvalue weighted by atomic mass is 15.2. The minimum Gasteiger partial charge on any atom is -0.309 e. The van der Waals surface area contributed by atoms with Crippen LogP contribution in [-0.2, 0) is 5.41 Å². The van der Waals surface area contributed by atoms with Gasteiger partial charge in [0.05, 0.1) is 16.7 Å². The van der Waals surface area contributed by atoms with Gasteiger partial charge in [-0.25, -0.2) is 9.97 Å². The number of nitrogens with zero attached hydrogens (tertiary/aromatic N) is 4. The maximum Gasteiger partial charge on any atom is 0.138 e. The van der Waals surface area contributed by atoms with Crippen LogP contribution in [-0.4, -0.2) is 14.5 Å². The number of fused-ring (bicyclic) bond motifs is 5. The first-order valence-electron chi connectivity index (χ1n) is 11.9. The molecule has 0 saturated heterocycles. The average Bonchev–Trinajstić information content (AvgIpc) is 3.23. The summed E-state index contributed by atoms with van der Waals surface area (Å²) in [6.07, 6.45) is 3.65. The number of hydrogen-bond donors (Lipinski definition) is 0. The summed E-state index contributed by atoms with van der Waals surface area (Å²) in [5.41, 5.74) is 7.44. The third kappa shape index (κ3) is 2.80. The van der Waals surface area contributed by atoms with Gasteiger partial charge in [0.2, 0.25) is 0 Å². The lowest BCUT2D eigenvalue weighted by Gasteiger charge is -2.34. The third-order valence-electron chi connectivity index (χ3n) is 7.28. The minimum absolute atomic E-state index is 0.0722. The van der Waals surface area contributed by atoms with Gasteiger partial charge in [0.1, 0.15) is 11.6 Å². The first kappa shape index (κ1) is 20.0. The quantitative estimate of drug-likeness (QED) is 0.276. The molecule has 4 heterocycles. The van der Waals surface area contributed by atoms with Crippen LogP contribution in [0.15, 0.2) is 109 Å². The van der Waals surface area contributed by atoms with Gasteiger partial charge in [0.25, 0.3) is 0 Å². The number of rotatable bonds is 3. The van der Waals surface area contributed by atoms with E-state index in [4.69, 9.17) is 0 Å². The number of pyridine rings is 2. The third-order valence-corrected chi connectivity index (χ3v) is 7.28. The van der Waals surface area contributed by atoms with Crippen molar-refractivity contribution < 1.29 is 0 Å². The van der Waals surface area contributed by atoms with Crippen molar-refractivity contribution in [2.75, 3.05) is 4.90 Å². The highest BCUT2D eigenvalue weighted by Gasteiger charge is 2.34. The molecule has 6 aromatic rings. The zero-order valence-electron chi connectivity index (χ0n) is 19.7. The molecule has 0 unspecified atom stereocenters. The van der Waals surface area contributed by atoms with Crippen LogP contribution in [0.1, 0.15) is 25.0 Å². The first-order valence-corrected chi connectivity index (χ1v) is 11.9. The zero-order valence-corrected chi connectivity index (χ0v) is 19.7. The Kier molecular flexibility index (Phi) is 4.15. The van der Waals surface area contributed by atoms with Gasteiger partial charge in [0.15, 0.2) is 0 Å². The van der Waals surface area contributed by atoms with Crippen molar-refractivity contribution in [1.82, 2.24) is 14.5 Å². The van der Waals surface area contributed by atoms with Crippen molar-refractivity contribution in [3.05, 3.63) is 121 Å². The SMILES string of the molecule is CC1(C)c2ccccc2-n2c3ccc(N(c4ccccn4)c4ccccn4)cc3c3cccc1c32. The molecule has 0 amide bonds. The van der Waals surface area contributed by atoms with E-state index in [0.717, 1.165) is 17.3 Å². The van der Waals surface area contributed by atoms with E-state index in [-0.39, 0.29) is 5.41 Å². The summed E-state index contributed by atoms with van der Waals surface area (Å²) in [5, 5.41) is 2.49. The van der Waals surface area contributed by atoms with E-state index < -0.39 is 0 Å². The molecule has 0 N–H and O–H groups in total. The molecular formula is C31H24N4. The largest absolute Gasteiger partial charge is 0.309 e. The van der Waals surface area contributed by atoms with Gasteiger partial charge in [-0.3, -0.25) is 4.90 Å². The molecule has 0 saturated carbocycles.